The minimum atomic E-state index is -0.997. The van der Waals surface area contributed by atoms with Crippen LogP contribution in [0.15, 0.2) is 36.5 Å². The molecule has 0 bridgehead atoms. The van der Waals surface area contributed by atoms with Gasteiger partial charge in [-0.05, 0) is 25.1 Å². The van der Waals surface area contributed by atoms with Gasteiger partial charge in [-0.25, -0.2) is 14.3 Å². The van der Waals surface area contributed by atoms with Gasteiger partial charge in [0.1, 0.15) is 0 Å². The maximum atomic E-state index is 11.9. The standard InChI is InChI=1S/C16H18N4O5/c1-2-25-15(23)12-8-10-20(19-12)13-6-4-3-5-11(13)18-16(24)17-9-7-14(21)22/h3-6,8,10H,2,7,9H2,1H3,(H,21,22)(H2,17,18,24). The molecule has 0 fully saturated rings. The molecule has 0 saturated carbocycles. The highest BCUT2D eigenvalue weighted by Crippen LogP contribution is 2.19. The summed E-state index contributed by atoms with van der Waals surface area (Å²) < 4.78 is 6.34. The quantitative estimate of drug-likeness (QED) is 0.655. The van der Waals surface area contributed by atoms with Gasteiger partial charge in [-0.2, -0.15) is 5.10 Å². The Hall–Kier alpha value is -3.36. The largest absolute Gasteiger partial charge is 0.481 e. The number of carboxylic acid groups (broad SMARTS) is 1. The van der Waals surface area contributed by atoms with Crippen LogP contribution in [0.2, 0.25) is 0 Å². The Kier molecular flexibility index (Phi) is 6.10. The van der Waals surface area contributed by atoms with E-state index in [0.717, 1.165) is 0 Å². The number of urea groups is 1. The molecule has 2 rings (SSSR count). The Labute approximate surface area is 143 Å². The topological polar surface area (TPSA) is 123 Å². The highest BCUT2D eigenvalue weighted by Gasteiger charge is 2.13. The zero-order chi connectivity index (χ0) is 18.2. The molecule has 0 spiro atoms. The summed E-state index contributed by atoms with van der Waals surface area (Å²) in [6.45, 7) is 1.97. The van der Waals surface area contributed by atoms with Crippen molar-refractivity contribution >= 4 is 23.7 Å². The average Bonchev–Trinajstić information content (AvgIpc) is 3.05. The lowest BCUT2D eigenvalue weighted by Crippen LogP contribution is -2.31. The number of rotatable bonds is 7. The third-order valence-corrected chi connectivity index (χ3v) is 3.10. The van der Waals surface area contributed by atoms with Crippen molar-refractivity contribution in [2.45, 2.75) is 13.3 Å². The van der Waals surface area contributed by atoms with Crippen molar-refractivity contribution in [3.05, 3.63) is 42.2 Å². The number of ether oxygens (including phenoxy) is 1. The first kappa shape index (κ1) is 18.0. The fourth-order valence-electron chi connectivity index (χ4n) is 2.00. The molecule has 0 saturated heterocycles. The van der Waals surface area contributed by atoms with Gasteiger partial charge in [0.2, 0.25) is 0 Å². The number of carbonyl (C=O) groups is 3. The van der Waals surface area contributed by atoms with Crippen LogP contribution in [-0.2, 0) is 9.53 Å². The molecule has 0 aliphatic carbocycles. The minimum Gasteiger partial charge on any atom is -0.481 e. The van der Waals surface area contributed by atoms with E-state index in [1.807, 2.05) is 0 Å². The van der Waals surface area contributed by atoms with Gasteiger partial charge in [0, 0.05) is 12.7 Å². The molecule has 0 aliphatic heterocycles. The molecule has 25 heavy (non-hydrogen) atoms. The fourth-order valence-corrected chi connectivity index (χ4v) is 2.00. The van der Waals surface area contributed by atoms with E-state index in [-0.39, 0.29) is 25.3 Å². The Morgan fingerprint density at radius 3 is 2.72 bits per heavy atom. The van der Waals surface area contributed by atoms with E-state index < -0.39 is 18.0 Å². The molecule has 1 aromatic heterocycles. The zero-order valence-electron chi connectivity index (χ0n) is 13.6. The number of benzene rings is 1. The van der Waals surface area contributed by atoms with Gasteiger partial charge in [0.15, 0.2) is 5.69 Å². The second kappa shape index (κ2) is 8.48. The maximum Gasteiger partial charge on any atom is 0.358 e. The summed E-state index contributed by atoms with van der Waals surface area (Å²) >= 11 is 0. The molecule has 0 radical (unpaired) electrons. The Morgan fingerprint density at radius 1 is 1.24 bits per heavy atom. The summed E-state index contributed by atoms with van der Waals surface area (Å²) in [6, 6.07) is 7.85. The van der Waals surface area contributed by atoms with E-state index in [9.17, 15) is 14.4 Å². The van der Waals surface area contributed by atoms with Crippen LogP contribution < -0.4 is 10.6 Å². The zero-order valence-corrected chi connectivity index (χ0v) is 13.6. The lowest BCUT2D eigenvalue weighted by Gasteiger charge is -2.11. The van der Waals surface area contributed by atoms with Crippen molar-refractivity contribution in [2.75, 3.05) is 18.5 Å². The molecule has 1 heterocycles. The third-order valence-electron chi connectivity index (χ3n) is 3.10. The fraction of sp³-hybridized carbons (Fsp3) is 0.250. The van der Waals surface area contributed by atoms with Gasteiger partial charge in [-0.3, -0.25) is 4.79 Å². The highest BCUT2D eigenvalue weighted by atomic mass is 16.5. The van der Waals surface area contributed by atoms with Crippen molar-refractivity contribution in [1.29, 1.82) is 0 Å². The predicted molar refractivity (Wildman–Crippen MR) is 88.8 cm³/mol. The van der Waals surface area contributed by atoms with Crippen molar-refractivity contribution in [1.82, 2.24) is 15.1 Å². The van der Waals surface area contributed by atoms with Crippen LogP contribution in [0, 0.1) is 0 Å². The molecule has 3 N–H and O–H groups in total. The maximum absolute atomic E-state index is 11.9. The number of nitrogens with one attached hydrogen (secondary N) is 2. The van der Waals surface area contributed by atoms with E-state index >= 15 is 0 Å². The van der Waals surface area contributed by atoms with Gasteiger partial charge in [0.05, 0.1) is 24.4 Å². The number of amides is 2. The lowest BCUT2D eigenvalue weighted by atomic mass is 10.2. The van der Waals surface area contributed by atoms with Crippen molar-refractivity contribution in [3.63, 3.8) is 0 Å². The van der Waals surface area contributed by atoms with Crippen molar-refractivity contribution in [3.8, 4) is 5.69 Å². The molecule has 9 heteroatoms. The summed E-state index contributed by atoms with van der Waals surface area (Å²) in [7, 11) is 0. The van der Waals surface area contributed by atoms with Gasteiger partial charge >= 0.3 is 18.0 Å². The van der Waals surface area contributed by atoms with E-state index in [2.05, 4.69) is 15.7 Å². The smallest absolute Gasteiger partial charge is 0.358 e. The summed E-state index contributed by atoms with van der Waals surface area (Å²) in [5, 5.41) is 17.8. The monoisotopic (exact) mass is 346 g/mol. The molecule has 0 unspecified atom stereocenters. The number of esters is 1. The number of aliphatic carboxylic acids is 1. The van der Waals surface area contributed by atoms with Crippen LogP contribution in [-0.4, -0.2) is 46.0 Å². The first-order chi connectivity index (χ1) is 12.0. The summed E-state index contributed by atoms with van der Waals surface area (Å²) in [5.74, 6) is -1.53. The number of hydrogen-bond acceptors (Lipinski definition) is 5. The first-order valence-corrected chi connectivity index (χ1v) is 7.60. The summed E-state index contributed by atoms with van der Waals surface area (Å²) in [4.78, 5) is 34.0. The van der Waals surface area contributed by atoms with Gasteiger partial charge in [-0.15, -0.1) is 0 Å². The van der Waals surface area contributed by atoms with Crippen LogP contribution in [0.4, 0.5) is 10.5 Å². The average molecular weight is 346 g/mol. The van der Waals surface area contributed by atoms with Crippen LogP contribution >= 0.6 is 0 Å². The SMILES string of the molecule is CCOC(=O)c1ccn(-c2ccccc2NC(=O)NCCC(=O)O)n1. The number of aromatic nitrogens is 2. The number of anilines is 1. The molecule has 132 valence electrons. The second-order valence-corrected chi connectivity index (χ2v) is 4.91. The normalized spacial score (nSPS) is 10.1. The molecule has 0 aliphatic rings. The Bertz CT molecular complexity index is 771. The number of nitrogens with zero attached hydrogens (tertiary/aromatic N) is 2. The number of carboxylic acids is 1. The van der Waals surface area contributed by atoms with E-state index in [1.54, 1.807) is 37.4 Å². The second-order valence-electron chi connectivity index (χ2n) is 4.91. The summed E-state index contributed by atoms with van der Waals surface area (Å²) in [5.41, 5.74) is 1.16. The molecule has 1 aromatic carbocycles. The van der Waals surface area contributed by atoms with E-state index in [0.29, 0.717) is 11.4 Å². The lowest BCUT2D eigenvalue weighted by molar-refractivity contribution is -0.136. The van der Waals surface area contributed by atoms with Gasteiger partial charge < -0.3 is 20.5 Å². The number of hydrogen-bond donors (Lipinski definition) is 3. The van der Waals surface area contributed by atoms with Crippen LogP contribution in [0.5, 0.6) is 0 Å². The van der Waals surface area contributed by atoms with Crippen LogP contribution in [0.3, 0.4) is 0 Å². The van der Waals surface area contributed by atoms with Gasteiger partial charge in [-0.1, -0.05) is 12.1 Å². The molecule has 0 atom stereocenters. The molecular weight excluding hydrogens is 328 g/mol. The first-order valence-electron chi connectivity index (χ1n) is 7.60. The minimum absolute atomic E-state index is 0.0120. The summed E-state index contributed by atoms with van der Waals surface area (Å²) in [6.07, 6.45) is 1.41. The molecule has 2 aromatic rings. The van der Waals surface area contributed by atoms with E-state index in [1.165, 1.54) is 10.7 Å². The third kappa shape index (κ3) is 5.06. The predicted octanol–water partition coefficient (Wildman–Crippen LogP) is 1.65. The van der Waals surface area contributed by atoms with Crippen LogP contribution in [0.25, 0.3) is 5.69 Å². The highest BCUT2D eigenvalue weighted by molar-refractivity contribution is 5.92. The Balaban J connectivity index is 2.11. The Morgan fingerprint density at radius 2 is 2.00 bits per heavy atom. The van der Waals surface area contributed by atoms with Crippen molar-refractivity contribution in [2.24, 2.45) is 0 Å². The van der Waals surface area contributed by atoms with Crippen LogP contribution in [0.1, 0.15) is 23.8 Å². The number of carbonyl (C=O) groups excluding carboxylic acids is 2. The van der Waals surface area contributed by atoms with Gasteiger partial charge in [0.25, 0.3) is 0 Å². The van der Waals surface area contributed by atoms with E-state index in [4.69, 9.17) is 9.84 Å². The molecule has 9 nitrogen and oxygen atoms in total. The molecule has 2 amide bonds. The van der Waals surface area contributed by atoms with Crippen molar-refractivity contribution < 1.29 is 24.2 Å². The molecular formula is C16H18N4O5. The number of para-hydroxylation sites is 2.